The van der Waals surface area contributed by atoms with Crippen LogP contribution in [0.2, 0.25) is 0 Å². The number of hydrogen-bond acceptors (Lipinski definition) is 5. The molecule has 7 nitrogen and oxygen atoms in total. The largest absolute Gasteiger partial charge is 0.459 e. The minimum atomic E-state index is -4.10. The molecule has 0 saturated heterocycles. The zero-order valence-electron chi connectivity index (χ0n) is 18.0. The topological polar surface area (TPSA) is 105 Å². The van der Waals surface area contributed by atoms with E-state index in [2.05, 4.69) is 10.0 Å². The Morgan fingerprint density at radius 2 is 1.48 bits per heavy atom. The second-order valence-electron chi connectivity index (χ2n) is 7.49. The number of hydrogen-bond donors (Lipinski definition) is 2. The molecule has 0 unspecified atom stereocenters. The summed E-state index contributed by atoms with van der Waals surface area (Å²) in [6.45, 7) is 8.86. The van der Waals surface area contributed by atoms with Crippen LogP contribution >= 0.6 is 0 Å². The van der Waals surface area contributed by atoms with Gasteiger partial charge >= 0.3 is 0 Å². The summed E-state index contributed by atoms with van der Waals surface area (Å²) in [7, 11) is -4.10. The quantitative estimate of drug-likeness (QED) is 0.619. The number of nitrogens with one attached hydrogen (secondary N) is 2. The monoisotopic (exact) mass is 440 g/mol. The molecule has 0 radical (unpaired) electrons. The lowest BCUT2D eigenvalue weighted by Crippen LogP contribution is -2.32. The summed E-state index contributed by atoms with van der Waals surface area (Å²) in [4.78, 5) is 25.2. The second-order valence-corrected chi connectivity index (χ2v) is 9.10. The van der Waals surface area contributed by atoms with E-state index >= 15 is 0 Å². The van der Waals surface area contributed by atoms with Gasteiger partial charge in [-0.3, -0.25) is 9.59 Å². The van der Waals surface area contributed by atoms with Gasteiger partial charge in [0.2, 0.25) is 0 Å². The van der Waals surface area contributed by atoms with Crippen molar-refractivity contribution in [2.24, 2.45) is 0 Å². The highest BCUT2D eigenvalue weighted by atomic mass is 32.2. The fourth-order valence-corrected chi connectivity index (χ4v) is 4.90. The molecule has 0 aliphatic rings. The zero-order valence-corrected chi connectivity index (χ0v) is 18.8. The molecule has 0 bridgehead atoms. The summed E-state index contributed by atoms with van der Waals surface area (Å²) in [5.74, 6) is -1.14. The van der Waals surface area contributed by atoms with Gasteiger partial charge in [-0.25, -0.2) is 13.1 Å². The van der Waals surface area contributed by atoms with E-state index in [-0.39, 0.29) is 16.2 Å². The normalized spacial score (nSPS) is 11.3. The lowest BCUT2D eigenvalue weighted by molar-refractivity contribution is 0.0976. The minimum absolute atomic E-state index is 0.101. The summed E-state index contributed by atoms with van der Waals surface area (Å²) in [5, 5.41) is 2.67. The van der Waals surface area contributed by atoms with Crippen molar-refractivity contribution in [2.75, 3.05) is 5.32 Å². The van der Waals surface area contributed by atoms with Gasteiger partial charge in [0.1, 0.15) is 0 Å². The zero-order chi connectivity index (χ0) is 22.9. The van der Waals surface area contributed by atoms with Crippen molar-refractivity contribution in [3.8, 4) is 0 Å². The predicted octanol–water partition coefficient (Wildman–Crippen LogP) is 4.19. The van der Waals surface area contributed by atoms with Crippen LogP contribution in [-0.4, -0.2) is 20.2 Å². The lowest BCUT2D eigenvalue weighted by atomic mass is 10.0. The number of amides is 2. The van der Waals surface area contributed by atoms with Crippen molar-refractivity contribution >= 4 is 27.5 Å². The van der Waals surface area contributed by atoms with Crippen LogP contribution in [0.15, 0.2) is 52.0 Å². The third kappa shape index (κ3) is 4.54. The average molecular weight is 441 g/mol. The molecule has 0 spiro atoms. The highest BCUT2D eigenvalue weighted by Crippen LogP contribution is 2.26. The van der Waals surface area contributed by atoms with Crippen molar-refractivity contribution in [1.29, 1.82) is 0 Å². The van der Waals surface area contributed by atoms with Gasteiger partial charge in [0.25, 0.3) is 21.8 Å². The van der Waals surface area contributed by atoms with Crippen LogP contribution < -0.4 is 10.0 Å². The number of aryl methyl sites for hydroxylation is 3. The van der Waals surface area contributed by atoms with Gasteiger partial charge in [-0.2, -0.15) is 0 Å². The van der Waals surface area contributed by atoms with Crippen molar-refractivity contribution in [1.82, 2.24) is 4.72 Å². The molecule has 8 heteroatoms. The van der Waals surface area contributed by atoms with Gasteiger partial charge < -0.3 is 9.73 Å². The van der Waals surface area contributed by atoms with Crippen LogP contribution in [0.4, 0.5) is 5.69 Å². The average Bonchev–Trinajstić information content (AvgIpc) is 3.22. The van der Waals surface area contributed by atoms with Gasteiger partial charge in [-0.1, -0.05) is 12.1 Å². The maximum atomic E-state index is 13.0. The van der Waals surface area contributed by atoms with E-state index < -0.39 is 21.8 Å². The molecule has 162 valence electrons. The first-order chi connectivity index (χ1) is 14.5. The molecular weight excluding hydrogens is 416 g/mol. The molecule has 2 N–H and O–H groups in total. The van der Waals surface area contributed by atoms with Crippen LogP contribution in [0.5, 0.6) is 0 Å². The Bertz CT molecular complexity index is 1250. The van der Waals surface area contributed by atoms with E-state index in [0.29, 0.717) is 22.4 Å². The van der Waals surface area contributed by atoms with Crippen LogP contribution in [0, 0.1) is 34.6 Å². The first-order valence-electron chi connectivity index (χ1n) is 9.61. The van der Waals surface area contributed by atoms with Crippen molar-refractivity contribution in [2.45, 2.75) is 39.5 Å². The summed E-state index contributed by atoms with van der Waals surface area (Å²) in [5.41, 5.74) is 4.04. The number of anilines is 1. The summed E-state index contributed by atoms with van der Waals surface area (Å²) < 4.78 is 33.3. The Kier molecular flexibility index (Phi) is 6.03. The summed E-state index contributed by atoms with van der Waals surface area (Å²) in [6.07, 6.45) is 1.38. The number of carbonyl (C=O) groups excluding carboxylic acids is 2. The number of benzene rings is 2. The van der Waals surface area contributed by atoms with Crippen LogP contribution in [-0.2, 0) is 10.0 Å². The maximum absolute atomic E-state index is 13.0. The van der Waals surface area contributed by atoms with E-state index in [1.165, 1.54) is 24.5 Å². The molecule has 1 heterocycles. The molecule has 0 atom stereocenters. The second kappa shape index (κ2) is 8.39. The fourth-order valence-electron chi connectivity index (χ4n) is 3.31. The van der Waals surface area contributed by atoms with Crippen molar-refractivity contribution in [3.05, 3.63) is 81.8 Å². The van der Waals surface area contributed by atoms with Gasteiger partial charge in [-0.15, -0.1) is 0 Å². The molecule has 2 aromatic carbocycles. The molecule has 0 saturated carbocycles. The number of sulfonamides is 1. The molecular formula is C23H24N2O5S. The fraction of sp³-hybridized carbons (Fsp3) is 0.217. The van der Waals surface area contributed by atoms with Crippen molar-refractivity contribution < 1.29 is 22.4 Å². The number of carbonyl (C=O) groups is 2. The standard InChI is InChI=1S/C23H24N2O5S/c1-13-8-9-18(12-19(13)24-23(27)20-7-6-10-30-20)22(26)25-31(28,29)21-16(4)14(2)11-15(3)17(21)5/h6-12H,1-5H3,(H,24,27)(H,25,26). The van der Waals surface area contributed by atoms with E-state index in [0.717, 1.165) is 11.1 Å². The Labute approximate surface area is 181 Å². The third-order valence-electron chi connectivity index (χ3n) is 5.29. The molecule has 3 rings (SSSR count). The molecule has 31 heavy (non-hydrogen) atoms. The van der Waals surface area contributed by atoms with Gasteiger partial charge in [0.15, 0.2) is 5.76 Å². The van der Waals surface area contributed by atoms with E-state index in [1.807, 2.05) is 19.9 Å². The molecule has 0 fully saturated rings. The first kappa shape index (κ1) is 22.3. The molecule has 3 aromatic rings. The smallest absolute Gasteiger partial charge is 0.291 e. The molecule has 1 aromatic heterocycles. The Morgan fingerprint density at radius 1 is 0.839 bits per heavy atom. The van der Waals surface area contributed by atoms with E-state index in [4.69, 9.17) is 4.42 Å². The Balaban J connectivity index is 1.90. The lowest BCUT2D eigenvalue weighted by Gasteiger charge is -2.16. The Morgan fingerprint density at radius 3 is 2.06 bits per heavy atom. The van der Waals surface area contributed by atoms with Crippen LogP contribution in [0.3, 0.4) is 0 Å². The molecule has 0 aliphatic carbocycles. The van der Waals surface area contributed by atoms with Crippen LogP contribution in [0.1, 0.15) is 48.7 Å². The number of rotatable bonds is 5. The Hall–Kier alpha value is -3.39. The minimum Gasteiger partial charge on any atom is -0.459 e. The number of furan rings is 1. The van der Waals surface area contributed by atoms with Gasteiger partial charge in [0.05, 0.1) is 11.2 Å². The third-order valence-corrected chi connectivity index (χ3v) is 6.89. The summed E-state index contributed by atoms with van der Waals surface area (Å²) >= 11 is 0. The van der Waals surface area contributed by atoms with E-state index in [9.17, 15) is 18.0 Å². The summed E-state index contributed by atoms with van der Waals surface area (Å²) in [6, 6.07) is 9.59. The van der Waals surface area contributed by atoms with Gasteiger partial charge in [-0.05, 0) is 86.7 Å². The highest BCUT2D eigenvalue weighted by molar-refractivity contribution is 7.90. The predicted molar refractivity (Wildman–Crippen MR) is 118 cm³/mol. The van der Waals surface area contributed by atoms with Crippen LogP contribution in [0.25, 0.3) is 0 Å². The van der Waals surface area contributed by atoms with Gasteiger partial charge in [0, 0.05) is 11.3 Å². The highest BCUT2D eigenvalue weighted by Gasteiger charge is 2.25. The van der Waals surface area contributed by atoms with Crippen molar-refractivity contribution in [3.63, 3.8) is 0 Å². The molecule has 0 aliphatic heterocycles. The maximum Gasteiger partial charge on any atom is 0.291 e. The molecule has 2 amide bonds. The SMILES string of the molecule is Cc1ccc(C(=O)NS(=O)(=O)c2c(C)c(C)cc(C)c2C)cc1NC(=O)c1ccco1. The van der Waals surface area contributed by atoms with E-state index in [1.54, 1.807) is 32.9 Å². The first-order valence-corrected chi connectivity index (χ1v) is 11.1.